The van der Waals surface area contributed by atoms with Crippen LogP contribution in [-0.2, 0) is 11.3 Å². The molecule has 3 heterocycles. The lowest BCUT2D eigenvalue weighted by molar-refractivity contribution is -0.123. The van der Waals surface area contributed by atoms with Crippen LogP contribution in [0.25, 0.3) is 0 Å². The third-order valence-corrected chi connectivity index (χ3v) is 4.00. The fourth-order valence-corrected chi connectivity index (χ4v) is 3.20. The summed E-state index contributed by atoms with van der Waals surface area (Å²) in [6, 6.07) is 0.941. The summed E-state index contributed by atoms with van der Waals surface area (Å²) >= 11 is 1.40. The summed E-state index contributed by atoms with van der Waals surface area (Å²) in [5.74, 6) is 0.440. The van der Waals surface area contributed by atoms with E-state index < -0.39 is 0 Å². The Bertz CT molecular complexity index is 349. The first-order valence-corrected chi connectivity index (χ1v) is 6.20. The Hall–Kier alpha value is -0.810. The van der Waals surface area contributed by atoms with Crippen LogP contribution < -0.4 is 0 Å². The van der Waals surface area contributed by atoms with Gasteiger partial charge >= 0.3 is 0 Å². The van der Waals surface area contributed by atoms with E-state index in [0.29, 0.717) is 17.9 Å². The summed E-state index contributed by atoms with van der Waals surface area (Å²) in [4.78, 5) is 13.9. The second kappa shape index (κ2) is 3.64. The van der Waals surface area contributed by atoms with E-state index in [0.717, 1.165) is 25.1 Å². The number of nitrogens with zero attached hydrogens (tertiary/aromatic N) is 3. The third-order valence-electron chi connectivity index (χ3n) is 3.45. The van der Waals surface area contributed by atoms with Gasteiger partial charge in [0, 0.05) is 36.9 Å². The SMILES string of the molecule is O=C1CC2CCC(C1)N2Cc1csnn1. The monoisotopic (exact) mass is 223 g/mol. The quantitative estimate of drug-likeness (QED) is 0.756. The molecule has 3 rings (SSSR count). The van der Waals surface area contributed by atoms with E-state index in [1.165, 1.54) is 24.4 Å². The number of piperidine rings is 1. The summed E-state index contributed by atoms with van der Waals surface area (Å²) in [5.41, 5.74) is 1.05. The van der Waals surface area contributed by atoms with Gasteiger partial charge in [0.25, 0.3) is 0 Å². The van der Waals surface area contributed by atoms with Crippen LogP contribution in [0.15, 0.2) is 5.38 Å². The van der Waals surface area contributed by atoms with Crippen molar-refractivity contribution in [2.75, 3.05) is 0 Å². The molecule has 15 heavy (non-hydrogen) atoms. The van der Waals surface area contributed by atoms with Gasteiger partial charge in [-0.25, -0.2) is 0 Å². The van der Waals surface area contributed by atoms with Crippen molar-refractivity contribution in [1.29, 1.82) is 0 Å². The average molecular weight is 223 g/mol. The molecule has 1 aromatic rings. The van der Waals surface area contributed by atoms with Crippen LogP contribution in [-0.4, -0.2) is 32.4 Å². The first-order valence-electron chi connectivity index (χ1n) is 5.36. The van der Waals surface area contributed by atoms with Gasteiger partial charge in [-0.1, -0.05) is 4.49 Å². The van der Waals surface area contributed by atoms with Gasteiger partial charge in [-0.15, -0.1) is 5.10 Å². The Labute approximate surface area is 92.4 Å². The van der Waals surface area contributed by atoms with E-state index in [4.69, 9.17) is 0 Å². The van der Waals surface area contributed by atoms with Crippen LogP contribution in [0.1, 0.15) is 31.4 Å². The summed E-state index contributed by atoms with van der Waals surface area (Å²) < 4.78 is 3.87. The maximum absolute atomic E-state index is 11.4. The first-order chi connectivity index (χ1) is 7.33. The highest BCUT2D eigenvalue weighted by molar-refractivity contribution is 7.03. The van der Waals surface area contributed by atoms with Gasteiger partial charge in [0.05, 0.1) is 5.69 Å². The molecule has 0 amide bonds. The lowest BCUT2D eigenvalue weighted by Crippen LogP contribution is -2.42. The molecule has 2 fully saturated rings. The van der Waals surface area contributed by atoms with E-state index >= 15 is 0 Å². The van der Waals surface area contributed by atoms with Crippen molar-refractivity contribution in [2.45, 2.75) is 44.3 Å². The van der Waals surface area contributed by atoms with Crippen LogP contribution in [0.3, 0.4) is 0 Å². The van der Waals surface area contributed by atoms with E-state index in [2.05, 4.69) is 14.5 Å². The summed E-state index contributed by atoms with van der Waals surface area (Å²) in [7, 11) is 0. The molecule has 0 spiro atoms. The molecule has 0 aromatic carbocycles. The fourth-order valence-electron chi connectivity index (χ4n) is 2.76. The highest BCUT2D eigenvalue weighted by atomic mass is 32.1. The first kappa shape index (κ1) is 9.42. The molecular formula is C10H13N3OS. The summed E-state index contributed by atoms with van der Waals surface area (Å²) in [5, 5.41) is 6.06. The Morgan fingerprint density at radius 3 is 2.73 bits per heavy atom. The maximum atomic E-state index is 11.4. The second-order valence-electron chi connectivity index (χ2n) is 4.40. The number of rotatable bonds is 2. The number of fused-ring (bicyclic) bond motifs is 2. The molecule has 0 N–H and O–H groups in total. The number of Topliss-reactive ketones (excluding diaryl/α,β-unsaturated/α-hetero) is 1. The number of hydrogen-bond donors (Lipinski definition) is 0. The van der Waals surface area contributed by atoms with Crippen LogP contribution >= 0.6 is 11.5 Å². The van der Waals surface area contributed by atoms with Gasteiger partial charge < -0.3 is 0 Å². The molecule has 0 radical (unpaired) electrons. The topological polar surface area (TPSA) is 46.1 Å². The molecule has 5 heteroatoms. The second-order valence-corrected chi connectivity index (χ2v) is 5.01. The third kappa shape index (κ3) is 1.70. The van der Waals surface area contributed by atoms with Crippen LogP contribution in [0.5, 0.6) is 0 Å². The van der Waals surface area contributed by atoms with E-state index in [-0.39, 0.29) is 0 Å². The van der Waals surface area contributed by atoms with Crippen molar-refractivity contribution in [1.82, 2.24) is 14.5 Å². The zero-order valence-electron chi connectivity index (χ0n) is 8.43. The molecule has 2 saturated heterocycles. The number of carbonyl (C=O) groups excluding carboxylic acids is 1. The van der Waals surface area contributed by atoms with Gasteiger partial charge in [-0.05, 0) is 24.4 Å². The van der Waals surface area contributed by atoms with E-state index in [9.17, 15) is 4.79 Å². The van der Waals surface area contributed by atoms with Crippen LogP contribution in [0.4, 0.5) is 0 Å². The largest absolute Gasteiger partial charge is 0.300 e. The minimum atomic E-state index is 0.440. The summed E-state index contributed by atoms with van der Waals surface area (Å²) in [6.45, 7) is 0.874. The molecule has 2 atom stereocenters. The molecule has 4 nitrogen and oxygen atoms in total. The number of carbonyl (C=O) groups is 1. The molecule has 2 aliphatic heterocycles. The minimum Gasteiger partial charge on any atom is -0.300 e. The number of ketones is 1. The standard InChI is InChI=1S/C10H13N3OS/c14-10-3-8-1-2-9(4-10)13(8)5-7-6-15-12-11-7/h6,8-9H,1-5H2. The average Bonchev–Trinajstić information content (AvgIpc) is 2.77. The van der Waals surface area contributed by atoms with Crippen molar-refractivity contribution < 1.29 is 4.79 Å². The number of hydrogen-bond acceptors (Lipinski definition) is 5. The predicted octanol–water partition coefficient (Wildman–Crippen LogP) is 1.23. The van der Waals surface area contributed by atoms with Gasteiger partial charge in [-0.2, -0.15) is 0 Å². The Morgan fingerprint density at radius 2 is 2.13 bits per heavy atom. The normalized spacial score (nSPS) is 31.1. The van der Waals surface area contributed by atoms with Crippen molar-refractivity contribution >= 4 is 17.3 Å². The predicted molar refractivity (Wildman–Crippen MR) is 56.5 cm³/mol. The molecule has 1 aromatic heterocycles. The molecule has 2 bridgehead atoms. The molecule has 0 saturated carbocycles. The minimum absolute atomic E-state index is 0.440. The van der Waals surface area contributed by atoms with E-state index in [1.54, 1.807) is 0 Å². The van der Waals surface area contributed by atoms with Crippen LogP contribution in [0, 0.1) is 0 Å². The summed E-state index contributed by atoms with van der Waals surface area (Å²) in [6.07, 6.45) is 3.84. The van der Waals surface area contributed by atoms with Gasteiger partial charge in [0.15, 0.2) is 0 Å². The lowest BCUT2D eigenvalue weighted by atomic mass is 10.0. The molecule has 2 unspecified atom stereocenters. The van der Waals surface area contributed by atoms with Gasteiger partial charge in [0.2, 0.25) is 0 Å². The molecular weight excluding hydrogens is 210 g/mol. The Balaban J connectivity index is 1.75. The molecule has 80 valence electrons. The van der Waals surface area contributed by atoms with Gasteiger partial charge in [-0.3, -0.25) is 9.69 Å². The lowest BCUT2D eigenvalue weighted by Gasteiger charge is -2.33. The van der Waals surface area contributed by atoms with Crippen molar-refractivity contribution in [3.63, 3.8) is 0 Å². The Morgan fingerprint density at radius 1 is 1.40 bits per heavy atom. The van der Waals surface area contributed by atoms with Crippen molar-refractivity contribution in [3.05, 3.63) is 11.1 Å². The van der Waals surface area contributed by atoms with E-state index in [1.807, 2.05) is 5.38 Å². The smallest absolute Gasteiger partial charge is 0.136 e. The highest BCUT2D eigenvalue weighted by Crippen LogP contribution is 2.34. The number of aromatic nitrogens is 2. The van der Waals surface area contributed by atoms with Crippen molar-refractivity contribution in [2.24, 2.45) is 0 Å². The van der Waals surface area contributed by atoms with Crippen molar-refractivity contribution in [3.8, 4) is 0 Å². The highest BCUT2D eigenvalue weighted by Gasteiger charge is 2.39. The maximum Gasteiger partial charge on any atom is 0.136 e. The van der Waals surface area contributed by atoms with Crippen LogP contribution in [0.2, 0.25) is 0 Å². The van der Waals surface area contributed by atoms with Gasteiger partial charge in [0.1, 0.15) is 5.78 Å². The zero-order chi connectivity index (χ0) is 10.3. The molecule has 2 aliphatic rings. The molecule has 0 aliphatic carbocycles. The fraction of sp³-hybridized carbons (Fsp3) is 0.700. The zero-order valence-corrected chi connectivity index (χ0v) is 9.24. The Kier molecular flexibility index (Phi) is 2.29.